The van der Waals surface area contributed by atoms with E-state index >= 15 is 0 Å². The maximum atomic E-state index is 12.0. The average molecular weight is 411 g/mol. The molecule has 1 saturated carbocycles. The first-order chi connectivity index (χ1) is 14.5. The van der Waals surface area contributed by atoms with Crippen molar-refractivity contribution in [2.24, 2.45) is 11.8 Å². The fraction of sp³-hybridized carbons (Fsp3) is 0.731. The van der Waals surface area contributed by atoms with Gasteiger partial charge in [-0.15, -0.1) is 0 Å². The predicted molar refractivity (Wildman–Crippen MR) is 120 cm³/mol. The van der Waals surface area contributed by atoms with Gasteiger partial charge in [0.05, 0.1) is 6.61 Å². The first-order valence-electron chi connectivity index (χ1n) is 12.3. The molecule has 5 rings (SSSR count). The van der Waals surface area contributed by atoms with Crippen molar-refractivity contribution in [3.8, 4) is 5.75 Å². The van der Waals surface area contributed by atoms with Crippen LogP contribution in [-0.2, 0) is 11.2 Å². The molecular weight excluding hydrogens is 372 g/mol. The van der Waals surface area contributed by atoms with Crippen LogP contribution in [0, 0.1) is 11.8 Å². The zero-order valence-corrected chi connectivity index (χ0v) is 18.8. The summed E-state index contributed by atoms with van der Waals surface area (Å²) in [5.74, 6) is 3.31. The predicted octanol–water partition coefficient (Wildman–Crippen LogP) is 4.66. The van der Waals surface area contributed by atoms with E-state index in [2.05, 4.69) is 42.3 Å². The van der Waals surface area contributed by atoms with E-state index in [4.69, 9.17) is 4.74 Å². The van der Waals surface area contributed by atoms with Crippen LogP contribution in [0.3, 0.4) is 0 Å². The average Bonchev–Trinajstić information content (AvgIpc) is 3.14. The molecule has 2 saturated heterocycles. The largest absolute Gasteiger partial charge is 0.494 e. The molecule has 4 aliphatic rings. The monoisotopic (exact) mass is 410 g/mol. The van der Waals surface area contributed by atoms with Gasteiger partial charge in [0, 0.05) is 24.5 Å². The molecule has 4 heteroatoms. The minimum atomic E-state index is 0.0178. The fourth-order valence-electron chi connectivity index (χ4n) is 7.11. The summed E-state index contributed by atoms with van der Waals surface area (Å²) in [6.45, 7) is 7.87. The van der Waals surface area contributed by atoms with Gasteiger partial charge in [0.1, 0.15) is 5.75 Å². The Morgan fingerprint density at radius 2 is 2.10 bits per heavy atom. The molecule has 0 unspecified atom stereocenters. The zero-order valence-electron chi connectivity index (χ0n) is 18.8. The maximum Gasteiger partial charge on any atom is 0.220 e. The molecule has 1 aromatic carbocycles. The van der Waals surface area contributed by atoms with Crippen LogP contribution in [0.4, 0.5) is 0 Å². The van der Waals surface area contributed by atoms with Crippen LogP contribution in [0.1, 0.15) is 82.3 Å². The summed E-state index contributed by atoms with van der Waals surface area (Å²) >= 11 is 0. The maximum absolute atomic E-state index is 12.0. The Kier molecular flexibility index (Phi) is 5.55. The number of benzene rings is 1. The van der Waals surface area contributed by atoms with E-state index in [1.807, 2.05) is 0 Å². The van der Waals surface area contributed by atoms with E-state index in [0.29, 0.717) is 24.2 Å². The third-order valence-corrected chi connectivity index (χ3v) is 8.74. The van der Waals surface area contributed by atoms with Gasteiger partial charge in [-0.3, -0.25) is 4.79 Å². The zero-order chi connectivity index (χ0) is 20.7. The van der Waals surface area contributed by atoms with E-state index in [0.717, 1.165) is 50.6 Å². The molecule has 1 N–H and O–H groups in total. The summed E-state index contributed by atoms with van der Waals surface area (Å²) in [6.07, 6.45) is 10.3. The molecule has 1 amide bonds. The highest BCUT2D eigenvalue weighted by Crippen LogP contribution is 2.53. The first-order valence-corrected chi connectivity index (χ1v) is 12.3. The van der Waals surface area contributed by atoms with Crippen molar-refractivity contribution in [3.05, 3.63) is 29.3 Å². The van der Waals surface area contributed by atoms with Crippen LogP contribution in [0.5, 0.6) is 5.75 Å². The Morgan fingerprint density at radius 3 is 2.93 bits per heavy atom. The molecule has 0 spiro atoms. The van der Waals surface area contributed by atoms with Crippen molar-refractivity contribution < 1.29 is 9.53 Å². The summed E-state index contributed by atoms with van der Waals surface area (Å²) in [4.78, 5) is 14.6. The van der Waals surface area contributed by atoms with E-state index in [1.165, 1.54) is 37.8 Å². The van der Waals surface area contributed by atoms with E-state index in [-0.39, 0.29) is 11.4 Å². The smallest absolute Gasteiger partial charge is 0.220 e. The Morgan fingerprint density at radius 1 is 1.20 bits per heavy atom. The minimum Gasteiger partial charge on any atom is -0.494 e. The van der Waals surface area contributed by atoms with Gasteiger partial charge in [-0.2, -0.15) is 0 Å². The lowest BCUT2D eigenvalue weighted by Crippen LogP contribution is -2.60. The normalized spacial score (nSPS) is 35.9. The molecule has 164 valence electrons. The Labute approximate surface area is 181 Å². The molecule has 3 fully saturated rings. The lowest BCUT2D eigenvalue weighted by atomic mass is 9.55. The summed E-state index contributed by atoms with van der Waals surface area (Å²) < 4.78 is 6.14. The Bertz CT molecular complexity index is 793. The van der Waals surface area contributed by atoms with Gasteiger partial charge < -0.3 is 15.0 Å². The van der Waals surface area contributed by atoms with Gasteiger partial charge in [0.2, 0.25) is 5.91 Å². The van der Waals surface area contributed by atoms with Gasteiger partial charge >= 0.3 is 0 Å². The first kappa shape index (κ1) is 20.4. The number of nitrogens with zero attached hydrogens (tertiary/aromatic N) is 1. The summed E-state index contributed by atoms with van der Waals surface area (Å²) in [5, 5.41) is 3.35. The highest BCUT2D eigenvalue weighted by Gasteiger charge is 2.50. The number of carbonyl (C=O) groups excluding carboxylic acids is 1. The van der Waals surface area contributed by atoms with Crippen molar-refractivity contribution in [1.29, 1.82) is 0 Å². The fourth-order valence-corrected chi connectivity index (χ4v) is 7.11. The number of piperidine rings is 1. The standard InChI is InChI=1S/C26H38N2O2/c1-18-5-3-14-28(18)15-4-16-30-20-7-9-21-19(17-20)6-8-23-22(21)12-13-26(2)24(23)10-11-25(29)27-26/h7,9,17-18,22-24H,3-6,8,10-16H2,1-2H3,(H,27,29)/t18-,22-,23-,24-,26+/m1/s1. The second kappa shape index (κ2) is 8.18. The quantitative estimate of drug-likeness (QED) is 0.718. The van der Waals surface area contributed by atoms with Crippen molar-refractivity contribution in [2.75, 3.05) is 19.7 Å². The van der Waals surface area contributed by atoms with Crippen LogP contribution in [0.25, 0.3) is 0 Å². The molecule has 1 aromatic rings. The Balaban J connectivity index is 1.21. The second-order valence-corrected chi connectivity index (χ2v) is 10.5. The third-order valence-electron chi connectivity index (χ3n) is 8.74. The molecule has 4 nitrogen and oxygen atoms in total. The number of amides is 1. The summed E-state index contributed by atoms with van der Waals surface area (Å²) in [7, 11) is 0. The van der Waals surface area contributed by atoms with Gasteiger partial charge in [-0.05, 0) is 113 Å². The van der Waals surface area contributed by atoms with Crippen LogP contribution in [0.2, 0.25) is 0 Å². The van der Waals surface area contributed by atoms with Gasteiger partial charge in [-0.25, -0.2) is 0 Å². The molecule has 2 heterocycles. The van der Waals surface area contributed by atoms with Crippen LogP contribution in [0.15, 0.2) is 18.2 Å². The number of hydrogen-bond donors (Lipinski definition) is 1. The number of aryl methyl sites for hydroxylation is 1. The van der Waals surface area contributed by atoms with E-state index in [9.17, 15) is 4.79 Å². The molecule has 2 aliphatic carbocycles. The van der Waals surface area contributed by atoms with E-state index < -0.39 is 0 Å². The molecule has 2 aliphatic heterocycles. The number of fused-ring (bicyclic) bond motifs is 5. The van der Waals surface area contributed by atoms with E-state index in [1.54, 1.807) is 5.56 Å². The Hall–Kier alpha value is -1.55. The molecule has 0 radical (unpaired) electrons. The van der Waals surface area contributed by atoms with Crippen molar-refractivity contribution in [3.63, 3.8) is 0 Å². The molecular formula is C26H38N2O2. The van der Waals surface area contributed by atoms with Gasteiger partial charge in [0.15, 0.2) is 0 Å². The van der Waals surface area contributed by atoms with Crippen molar-refractivity contribution >= 4 is 5.91 Å². The lowest BCUT2D eigenvalue weighted by molar-refractivity contribution is -0.129. The highest BCUT2D eigenvalue weighted by atomic mass is 16.5. The van der Waals surface area contributed by atoms with Crippen LogP contribution < -0.4 is 10.1 Å². The SMILES string of the molecule is C[C@@H]1CCCN1CCCOc1ccc2c(c1)CC[C@@H]1[C@@H]2CC[C@]2(C)NC(=O)CC[C@H]12. The second-order valence-electron chi connectivity index (χ2n) is 10.5. The van der Waals surface area contributed by atoms with Crippen molar-refractivity contribution in [1.82, 2.24) is 10.2 Å². The number of rotatable bonds is 5. The lowest BCUT2D eigenvalue weighted by Gasteiger charge is -2.54. The molecule has 0 aromatic heterocycles. The highest BCUT2D eigenvalue weighted by molar-refractivity contribution is 5.77. The summed E-state index contributed by atoms with van der Waals surface area (Å²) in [6, 6.07) is 7.63. The number of nitrogens with one attached hydrogen (secondary N) is 1. The number of likely N-dealkylation sites (tertiary alicyclic amines) is 1. The molecule has 5 atom stereocenters. The minimum absolute atomic E-state index is 0.0178. The molecule has 30 heavy (non-hydrogen) atoms. The third kappa shape index (κ3) is 3.77. The van der Waals surface area contributed by atoms with Crippen LogP contribution in [-0.4, -0.2) is 42.1 Å². The number of hydrogen-bond acceptors (Lipinski definition) is 3. The van der Waals surface area contributed by atoms with Crippen LogP contribution >= 0.6 is 0 Å². The van der Waals surface area contributed by atoms with Crippen molar-refractivity contribution in [2.45, 2.75) is 89.1 Å². The summed E-state index contributed by atoms with van der Waals surface area (Å²) in [5.41, 5.74) is 3.08. The molecule has 0 bridgehead atoms. The number of carbonyl (C=O) groups is 1. The topological polar surface area (TPSA) is 41.6 Å². The number of ether oxygens (including phenoxy) is 1. The van der Waals surface area contributed by atoms with Gasteiger partial charge in [0.25, 0.3) is 0 Å². The van der Waals surface area contributed by atoms with Gasteiger partial charge in [-0.1, -0.05) is 6.07 Å².